The van der Waals surface area contributed by atoms with Gasteiger partial charge in [-0.05, 0) is 13.0 Å². The zero-order valence-corrected chi connectivity index (χ0v) is 8.87. The highest BCUT2D eigenvalue weighted by Crippen LogP contribution is 2.37. The second-order valence-corrected chi connectivity index (χ2v) is 3.03. The summed E-state index contributed by atoms with van der Waals surface area (Å²) < 4.78 is 23.3. The van der Waals surface area contributed by atoms with Crippen LogP contribution in [0, 0.1) is 11.3 Å². The third-order valence-corrected chi connectivity index (χ3v) is 2.07. The van der Waals surface area contributed by atoms with Gasteiger partial charge in [0.05, 0.1) is 25.9 Å². The zero-order chi connectivity index (χ0) is 11.4. The summed E-state index contributed by atoms with van der Waals surface area (Å²) in [5.74, 6) is 0.711. The van der Waals surface area contributed by atoms with Crippen LogP contribution >= 0.6 is 0 Å². The summed E-state index contributed by atoms with van der Waals surface area (Å²) in [5.41, 5.74) is 0.681. The number of hydrogen-bond donors (Lipinski definition) is 0. The van der Waals surface area contributed by atoms with Gasteiger partial charge in [0, 0.05) is 11.6 Å². The van der Waals surface area contributed by atoms with Crippen LogP contribution in [0.4, 0.5) is 4.39 Å². The average molecular weight is 209 g/mol. The molecule has 1 aromatic carbocycles. The number of hydrogen-bond acceptors (Lipinski definition) is 3. The van der Waals surface area contributed by atoms with Crippen LogP contribution in [-0.2, 0) is 0 Å². The molecule has 0 amide bonds. The Balaban J connectivity index is 3.40. The maximum Gasteiger partial charge on any atom is 0.166 e. The summed E-state index contributed by atoms with van der Waals surface area (Å²) in [6.07, 6.45) is -1.21. The van der Waals surface area contributed by atoms with Crippen molar-refractivity contribution in [1.29, 1.82) is 5.26 Å². The van der Waals surface area contributed by atoms with Crippen molar-refractivity contribution in [3.8, 4) is 17.6 Å². The summed E-state index contributed by atoms with van der Waals surface area (Å²) in [5, 5.41) is 8.76. The van der Waals surface area contributed by atoms with Crippen molar-refractivity contribution in [2.45, 2.75) is 13.1 Å². The predicted molar refractivity (Wildman–Crippen MR) is 53.8 cm³/mol. The molecule has 15 heavy (non-hydrogen) atoms. The third-order valence-electron chi connectivity index (χ3n) is 2.07. The average Bonchev–Trinajstić information content (AvgIpc) is 2.26. The van der Waals surface area contributed by atoms with Gasteiger partial charge in [0.15, 0.2) is 11.5 Å². The monoisotopic (exact) mass is 209 g/mol. The zero-order valence-electron chi connectivity index (χ0n) is 8.87. The van der Waals surface area contributed by atoms with Gasteiger partial charge in [0.25, 0.3) is 0 Å². The van der Waals surface area contributed by atoms with Crippen LogP contribution < -0.4 is 9.47 Å². The van der Waals surface area contributed by atoms with Crippen LogP contribution in [0.1, 0.15) is 24.2 Å². The number of nitrogens with zero attached hydrogens (tertiary/aromatic N) is 1. The Morgan fingerprint density at radius 1 is 1.33 bits per heavy atom. The Morgan fingerprint density at radius 2 is 2.00 bits per heavy atom. The summed E-state index contributed by atoms with van der Waals surface area (Å²) in [6, 6.07) is 4.93. The summed E-state index contributed by atoms with van der Waals surface area (Å²) in [6.45, 7) is 1.39. The first-order chi connectivity index (χ1) is 7.13. The molecule has 0 aliphatic rings. The van der Waals surface area contributed by atoms with E-state index >= 15 is 0 Å². The SMILES string of the molecule is COc1cc(C#N)cc(C(C)F)c1OC. The molecule has 0 fully saturated rings. The first kappa shape index (κ1) is 11.3. The van der Waals surface area contributed by atoms with E-state index in [2.05, 4.69) is 0 Å². The normalized spacial score (nSPS) is 11.7. The van der Waals surface area contributed by atoms with E-state index in [-0.39, 0.29) is 0 Å². The molecule has 0 saturated carbocycles. The molecule has 0 radical (unpaired) electrons. The highest BCUT2D eigenvalue weighted by molar-refractivity contribution is 5.53. The lowest BCUT2D eigenvalue weighted by Crippen LogP contribution is -1.98. The smallest absolute Gasteiger partial charge is 0.166 e. The van der Waals surface area contributed by atoms with Gasteiger partial charge in [-0.25, -0.2) is 4.39 Å². The van der Waals surface area contributed by atoms with E-state index in [1.807, 2.05) is 6.07 Å². The Kier molecular flexibility index (Phi) is 3.51. The summed E-state index contributed by atoms with van der Waals surface area (Å²) in [7, 11) is 2.89. The molecule has 0 aromatic heterocycles. The minimum absolute atomic E-state index is 0.327. The van der Waals surface area contributed by atoms with Gasteiger partial charge in [-0.1, -0.05) is 0 Å². The lowest BCUT2D eigenvalue weighted by atomic mass is 10.1. The van der Waals surface area contributed by atoms with E-state index in [0.29, 0.717) is 22.6 Å². The molecule has 1 unspecified atom stereocenters. The van der Waals surface area contributed by atoms with Crippen molar-refractivity contribution in [2.24, 2.45) is 0 Å². The molecular formula is C11H12FNO2. The number of halogens is 1. The number of nitriles is 1. The van der Waals surface area contributed by atoms with Crippen molar-refractivity contribution < 1.29 is 13.9 Å². The van der Waals surface area contributed by atoms with Gasteiger partial charge in [0.1, 0.15) is 6.17 Å². The number of alkyl halides is 1. The fourth-order valence-corrected chi connectivity index (χ4v) is 1.35. The van der Waals surface area contributed by atoms with E-state index in [9.17, 15) is 4.39 Å². The first-order valence-electron chi connectivity index (χ1n) is 4.44. The van der Waals surface area contributed by atoms with Crippen LogP contribution in [-0.4, -0.2) is 14.2 Å². The largest absolute Gasteiger partial charge is 0.493 e. The molecule has 0 aliphatic heterocycles. The van der Waals surface area contributed by atoms with Crippen LogP contribution in [0.15, 0.2) is 12.1 Å². The highest BCUT2D eigenvalue weighted by Gasteiger charge is 2.16. The van der Waals surface area contributed by atoms with Crippen LogP contribution in [0.25, 0.3) is 0 Å². The van der Waals surface area contributed by atoms with Crippen LogP contribution in [0.2, 0.25) is 0 Å². The van der Waals surface area contributed by atoms with Crippen molar-refractivity contribution in [3.05, 3.63) is 23.3 Å². The van der Waals surface area contributed by atoms with E-state index in [1.54, 1.807) is 0 Å². The maximum atomic E-state index is 13.3. The molecule has 3 nitrogen and oxygen atoms in total. The minimum Gasteiger partial charge on any atom is -0.493 e. The van der Waals surface area contributed by atoms with E-state index in [0.717, 1.165) is 0 Å². The lowest BCUT2D eigenvalue weighted by Gasteiger charge is -2.13. The summed E-state index contributed by atoms with van der Waals surface area (Å²) in [4.78, 5) is 0. The second kappa shape index (κ2) is 4.65. The third kappa shape index (κ3) is 2.18. The molecule has 0 N–H and O–H groups in total. The molecule has 4 heteroatoms. The van der Waals surface area contributed by atoms with Gasteiger partial charge < -0.3 is 9.47 Å². The molecule has 0 spiro atoms. The van der Waals surface area contributed by atoms with Gasteiger partial charge >= 0.3 is 0 Å². The van der Waals surface area contributed by atoms with Crippen LogP contribution in [0.5, 0.6) is 11.5 Å². The summed E-state index contributed by atoms with van der Waals surface area (Å²) >= 11 is 0. The topological polar surface area (TPSA) is 42.2 Å². The number of methoxy groups -OCH3 is 2. The first-order valence-corrected chi connectivity index (χ1v) is 4.44. The molecule has 1 atom stereocenters. The Hall–Kier alpha value is -1.76. The van der Waals surface area contributed by atoms with E-state index < -0.39 is 6.17 Å². The Labute approximate surface area is 88.0 Å². The van der Waals surface area contributed by atoms with Gasteiger partial charge in [-0.3, -0.25) is 0 Å². The highest BCUT2D eigenvalue weighted by atomic mass is 19.1. The molecule has 0 heterocycles. The van der Waals surface area contributed by atoms with Gasteiger partial charge in [-0.15, -0.1) is 0 Å². The van der Waals surface area contributed by atoms with Crippen molar-refractivity contribution in [1.82, 2.24) is 0 Å². The number of benzene rings is 1. The number of rotatable bonds is 3. The molecular weight excluding hydrogens is 197 g/mol. The van der Waals surface area contributed by atoms with Gasteiger partial charge in [-0.2, -0.15) is 5.26 Å². The van der Waals surface area contributed by atoms with Gasteiger partial charge in [0.2, 0.25) is 0 Å². The number of ether oxygens (including phenoxy) is 2. The lowest BCUT2D eigenvalue weighted by molar-refractivity contribution is 0.324. The second-order valence-electron chi connectivity index (χ2n) is 3.03. The maximum absolute atomic E-state index is 13.3. The Bertz CT molecular complexity index is 396. The van der Waals surface area contributed by atoms with Crippen molar-refractivity contribution in [2.75, 3.05) is 14.2 Å². The standard InChI is InChI=1S/C11H12FNO2/c1-7(12)9-4-8(6-13)5-10(14-2)11(9)15-3/h4-5,7H,1-3H3. The van der Waals surface area contributed by atoms with E-state index in [4.69, 9.17) is 14.7 Å². The molecule has 0 saturated heterocycles. The molecule has 80 valence electrons. The van der Waals surface area contributed by atoms with Crippen molar-refractivity contribution in [3.63, 3.8) is 0 Å². The molecule has 1 aromatic rings. The Morgan fingerprint density at radius 3 is 2.40 bits per heavy atom. The molecule has 0 bridgehead atoms. The quantitative estimate of drug-likeness (QED) is 0.768. The van der Waals surface area contributed by atoms with Crippen LogP contribution in [0.3, 0.4) is 0 Å². The fraction of sp³-hybridized carbons (Fsp3) is 0.364. The predicted octanol–water partition coefficient (Wildman–Crippen LogP) is 2.61. The molecule has 1 rings (SSSR count). The van der Waals surface area contributed by atoms with Crippen molar-refractivity contribution >= 4 is 0 Å². The molecule has 0 aliphatic carbocycles. The van der Waals surface area contributed by atoms with E-state index in [1.165, 1.54) is 33.3 Å². The fourth-order valence-electron chi connectivity index (χ4n) is 1.35. The minimum atomic E-state index is -1.21.